The molecule has 31 heavy (non-hydrogen) atoms. The summed E-state index contributed by atoms with van der Waals surface area (Å²) < 4.78 is 5.85. The van der Waals surface area contributed by atoms with Gasteiger partial charge in [-0.15, -0.1) is 0 Å². The molecule has 4 N–H and O–H groups in total. The van der Waals surface area contributed by atoms with Crippen LogP contribution in [0.5, 0.6) is 5.75 Å². The lowest BCUT2D eigenvalue weighted by atomic mass is 9.87. The number of ether oxygens (including phenoxy) is 1. The monoisotopic (exact) mass is 433 g/mol. The van der Waals surface area contributed by atoms with E-state index in [1.807, 2.05) is 18.2 Å². The number of pyridine rings is 1. The van der Waals surface area contributed by atoms with Gasteiger partial charge in [0.15, 0.2) is 0 Å². The molecule has 1 aliphatic carbocycles. The van der Waals surface area contributed by atoms with Crippen LogP contribution in [0.2, 0.25) is 0 Å². The number of aromatic nitrogens is 1. The van der Waals surface area contributed by atoms with E-state index in [0.717, 1.165) is 30.5 Å². The number of hydrogen-bond donors (Lipinski definition) is 4. The van der Waals surface area contributed by atoms with Crippen molar-refractivity contribution in [3.63, 3.8) is 0 Å². The summed E-state index contributed by atoms with van der Waals surface area (Å²) in [6, 6.07) is 3.82. The average Bonchev–Trinajstić information content (AvgIpc) is 2.81. The summed E-state index contributed by atoms with van der Waals surface area (Å²) in [5.41, 5.74) is 1.98. The Hall–Kier alpha value is -2.65. The van der Waals surface area contributed by atoms with Crippen molar-refractivity contribution in [2.24, 2.45) is 11.8 Å². The van der Waals surface area contributed by atoms with E-state index in [1.165, 1.54) is 4.90 Å². The first-order chi connectivity index (χ1) is 15.0. The third-order valence-electron chi connectivity index (χ3n) is 5.94. The summed E-state index contributed by atoms with van der Waals surface area (Å²) in [4.78, 5) is 29.1. The van der Waals surface area contributed by atoms with Gasteiger partial charge in [-0.2, -0.15) is 0 Å². The molecule has 9 nitrogen and oxygen atoms in total. The first-order valence-corrected chi connectivity index (χ1v) is 10.8. The zero-order chi connectivity index (χ0) is 22.2. The summed E-state index contributed by atoms with van der Waals surface area (Å²) in [6.07, 6.45) is 5.64. The summed E-state index contributed by atoms with van der Waals surface area (Å²) in [5.74, 6) is 0.803. The lowest BCUT2D eigenvalue weighted by molar-refractivity contribution is -0.125. The fourth-order valence-electron chi connectivity index (χ4n) is 3.89. The van der Waals surface area contributed by atoms with Crippen molar-refractivity contribution in [3.8, 4) is 5.75 Å². The van der Waals surface area contributed by atoms with E-state index in [9.17, 15) is 14.7 Å². The number of amides is 2. The molecule has 1 fully saturated rings. The number of nitrogens with one attached hydrogen (secondary N) is 1. The first-order valence-electron chi connectivity index (χ1n) is 10.8. The highest BCUT2D eigenvalue weighted by molar-refractivity contribution is 5.80. The van der Waals surface area contributed by atoms with Crippen molar-refractivity contribution in [1.82, 2.24) is 15.2 Å². The lowest BCUT2D eigenvalue weighted by Crippen LogP contribution is -2.38. The molecular weight excluding hydrogens is 402 g/mol. The minimum atomic E-state index is -0.930. The van der Waals surface area contributed by atoms with E-state index in [2.05, 4.69) is 10.3 Å². The average molecular weight is 434 g/mol. The van der Waals surface area contributed by atoms with E-state index in [4.69, 9.17) is 14.9 Å². The molecule has 2 heterocycles. The Balaban J connectivity index is 1.43. The van der Waals surface area contributed by atoms with Crippen molar-refractivity contribution in [2.45, 2.75) is 38.2 Å². The summed E-state index contributed by atoms with van der Waals surface area (Å²) >= 11 is 0. The van der Waals surface area contributed by atoms with Gasteiger partial charge >= 0.3 is 6.09 Å². The Morgan fingerprint density at radius 2 is 2.03 bits per heavy atom. The molecule has 1 aromatic rings. The molecule has 0 bridgehead atoms. The van der Waals surface area contributed by atoms with Gasteiger partial charge in [-0.05, 0) is 55.7 Å². The number of carbonyl (C=O) groups excluding carboxylic acids is 1. The Morgan fingerprint density at radius 1 is 1.26 bits per heavy atom. The van der Waals surface area contributed by atoms with Crippen LogP contribution in [0.25, 0.3) is 5.57 Å². The van der Waals surface area contributed by atoms with E-state index in [0.29, 0.717) is 44.2 Å². The molecule has 1 unspecified atom stereocenters. The molecule has 170 valence electrons. The third kappa shape index (κ3) is 6.67. The number of carboxylic acid groups (broad SMARTS) is 1. The Bertz CT molecular complexity index is 774. The number of aliphatic hydroxyl groups is 2. The van der Waals surface area contributed by atoms with Crippen LogP contribution >= 0.6 is 0 Å². The van der Waals surface area contributed by atoms with Gasteiger partial charge in [-0.3, -0.25) is 9.78 Å². The Labute approximate surface area is 181 Å². The van der Waals surface area contributed by atoms with Crippen molar-refractivity contribution in [1.29, 1.82) is 0 Å². The largest absolute Gasteiger partial charge is 0.492 e. The summed E-state index contributed by atoms with van der Waals surface area (Å²) in [7, 11) is 0. The number of rotatable bonds is 8. The number of nitrogens with zero attached hydrogens (tertiary/aromatic N) is 2. The van der Waals surface area contributed by atoms with E-state index < -0.39 is 12.2 Å². The van der Waals surface area contributed by atoms with Gasteiger partial charge in [-0.1, -0.05) is 6.08 Å². The molecule has 1 aromatic heterocycles. The molecule has 0 saturated carbocycles. The summed E-state index contributed by atoms with van der Waals surface area (Å²) in [6.45, 7) is 1.35. The highest BCUT2D eigenvalue weighted by atomic mass is 16.5. The highest BCUT2D eigenvalue weighted by Crippen LogP contribution is 2.30. The normalized spacial score (nSPS) is 20.6. The van der Waals surface area contributed by atoms with Crippen LogP contribution in [-0.4, -0.2) is 76.2 Å². The van der Waals surface area contributed by atoms with Crippen molar-refractivity contribution >= 4 is 17.6 Å². The van der Waals surface area contributed by atoms with Gasteiger partial charge in [0.05, 0.1) is 31.2 Å². The van der Waals surface area contributed by atoms with Crippen molar-refractivity contribution in [3.05, 3.63) is 30.1 Å². The predicted octanol–water partition coefficient (Wildman–Crippen LogP) is 1.50. The summed E-state index contributed by atoms with van der Waals surface area (Å²) in [5, 5.41) is 29.8. The van der Waals surface area contributed by atoms with Gasteiger partial charge in [0.25, 0.3) is 0 Å². The molecule has 0 spiro atoms. The van der Waals surface area contributed by atoms with Crippen LogP contribution in [0.3, 0.4) is 0 Å². The lowest BCUT2D eigenvalue weighted by Gasteiger charge is -2.29. The van der Waals surface area contributed by atoms with Gasteiger partial charge in [0.1, 0.15) is 5.75 Å². The molecule has 1 saturated heterocycles. The molecular formula is C22H31N3O6. The number of aliphatic hydroxyl groups excluding tert-OH is 2. The second-order valence-corrected chi connectivity index (χ2v) is 8.19. The van der Waals surface area contributed by atoms with Crippen LogP contribution in [-0.2, 0) is 4.79 Å². The molecule has 1 aliphatic heterocycles. The van der Waals surface area contributed by atoms with E-state index >= 15 is 0 Å². The zero-order valence-electron chi connectivity index (χ0n) is 17.6. The molecule has 2 amide bonds. The van der Waals surface area contributed by atoms with Gasteiger partial charge in [0, 0.05) is 25.6 Å². The maximum Gasteiger partial charge on any atom is 0.407 e. The molecule has 0 aromatic carbocycles. The Kier molecular flexibility index (Phi) is 8.25. The number of carbonyl (C=O) groups is 2. The second kappa shape index (κ2) is 11.1. The van der Waals surface area contributed by atoms with Crippen LogP contribution in [0.15, 0.2) is 24.4 Å². The molecule has 2 atom stereocenters. The third-order valence-corrected chi connectivity index (χ3v) is 5.94. The maximum absolute atomic E-state index is 12.2. The van der Waals surface area contributed by atoms with Crippen LogP contribution in [0.4, 0.5) is 4.79 Å². The van der Waals surface area contributed by atoms with Crippen molar-refractivity contribution in [2.75, 3.05) is 32.8 Å². The molecule has 3 rings (SSSR count). The topological polar surface area (TPSA) is 132 Å². The zero-order valence-corrected chi connectivity index (χ0v) is 17.6. The SMILES string of the molecule is O=C(NC[C@@H](O)CO)C1CC=C(c2ccc(OCC3CCN(C(=O)O)CC3)cn2)CC1. The standard InChI is InChI=1S/C22H31N3O6/c26-13-18(27)11-24-21(28)17-3-1-16(2-4-17)20-6-5-19(12-23-20)31-14-15-7-9-25(10-8-15)22(29)30/h1,5-6,12,15,17-18,26-27H,2-4,7-11,13-14H2,(H,24,28)(H,29,30)/t17?,18-/m1/s1. The maximum atomic E-state index is 12.2. The van der Waals surface area contributed by atoms with E-state index in [1.54, 1.807) is 6.20 Å². The molecule has 9 heteroatoms. The van der Waals surface area contributed by atoms with Crippen molar-refractivity contribution < 1.29 is 29.6 Å². The fourth-order valence-corrected chi connectivity index (χ4v) is 3.89. The van der Waals surface area contributed by atoms with Crippen LogP contribution in [0.1, 0.15) is 37.8 Å². The number of allylic oxidation sites excluding steroid dienone is 2. The van der Waals surface area contributed by atoms with Gasteiger partial charge < -0.3 is 30.3 Å². The quantitative estimate of drug-likeness (QED) is 0.488. The van der Waals surface area contributed by atoms with Gasteiger partial charge in [0.2, 0.25) is 5.91 Å². The number of likely N-dealkylation sites (tertiary alicyclic amines) is 1. The minimum absolute atomic E-state index is 0.0596. The number of hydrogen-bond acceptors (Lipinski definition) is 6. The highest BCUT2D eigenvalue weighted by Gasteiger charge is 2.24. The van der Waals surface area contributed by atoms with E-state index in [-0.39, 0.29) is 25.0 Å². The molecule has 0 radical (unpaired) electrons. The number of piperidine rings is 1. The minimum Gasteiger partial charge on any atom is -0.492 e. The van der Waals surface area contributed by atoms with Crippen LogP contribution < -0.4 is 10.1 Å². The Morgan fingerprint density at radius 3 is 2.61 bits per heavy atom. The second-order valence-electron chi connectivity index (χ2n) is 8.19. The molecule has 2 aliphatic rings. The smallest absolute Gasteiger partial charge is 0.407 e. The predicted molar refractivity (Wildman–Crippen MR) is 113 cm³/mol. The fraction of sp³-hybridized carbons (Fsp3) is 0.591. The first kappa shape index (κ1) is 23.0. The van der Waals surface area contributed by atoms with Gasteiger partial charge in [-0.25, -0.2) is 4.79 Å². The van der Waals surface area contributed by atoms with Crippen LogP contribution in [0, 0.1) is 11.8 Å².